The fraction of sp³-hybridized carbons (Fsp3) is 0.400. The van der Waals surface area contributed by atoms with Gasteiger partial charge in [-0.1, -0.05) is 19.4 Å². The minimum Gasteiger partial charge on any atom is -0.478 e. The van der Waals surface area contributed by atoms with Crippen LogP contribution in [0.2, 0.25) is 0 Å². The molecule has 10 heteroatoms. The number of fused-ring (bicyclic) bond motifs is 2. The molecule has 0 spiro atoms. The molecule has 2 N–H and O–H groups in total. The lowest BCUT2D eigenvalue weighted by Crippen LogP contribution is -2.42. The van der Waals surface area contributed by atoms with Crippen molar-refractivity contribution in [3.63, 3.8) is 0 Å². The van der Waals surface area contributed by atoms with Gasteiger partial charge in [0.1, 0.15) is 0 Å². The summed E-state index contributed by atoms with van der Waals surface area (Å²) >= 11 is 0. The van der Waals surface area contributed by atoms with Crippen LogP contribution >= 0.6 is 0 Å². The van der Waals surface area contributed by atoms with Crippen molar-refractivity contribution in [1.82, 2.24) is 9.80 Å². The molecule has 3 atom stereocenters. The van der Waals surface area contributed by atoms with Crippen LogP contribution in [0.4, 0.5) is 0 Å². The van der Waals surface area contributed by atoms with E-state index in [0.717, 1.165) is 22.2 Å². The molecule has 0 aromatic carbocycles. The van der Waals surface area contributed by atoms with Crippen molar-refractivity contribution in [2.45, 2.75) is 27.2 Å². The fourth-order valence-corrected chi connectivity index (χ4v) is 4.71. The predicted octanol–water partition coefficient (Wildman–Crippen LogP) is 0.516. The lowest BCUT2D eigenvalue weighted by molar-refractivity contribution is -0.139. The third-order valence-corrected chi connectivity index (χ3v) is 5.95. The number of nitrogens with zero attached hydrogens (tertiary/aromatic N) is 2. The number of likely N-dealkylation sites (tertiary alicyclic amines) is 2. The highest BCUT2D eigenvalue weighted by Gasteiger charge is 2.62. The van der Waals surface area contributed by atoms with Crippen LogP contribution in [0.3, 0.4) is 0 Å². The predicted molar refractivity (Wildman–Crippen MR) is 98.8 cm³/mol. The maximum Gasteiger partial charge on any atom is 0.329 e. The molecule has 3 aliphatic rings. The number of carbonyl (C=O) groups is 6. The Balaban J connectivity index is 2.10. The Kier molecular flexibility index (Phi) is 4.97. The van der Waals surface area contributed by atoms with E-state index < -0.39 is 58.7 Å². The number of aliphatic carboxylic acids is 2. The zero-order chi connectivity index (χ0) is 22.5. The first-order chi connectivity index (χ1) is 13.9. The molecule has 0 bridgehead atoms. The number of carboxylic acids is 2. The molecule has 1 aliphatic carbocycles. The molecule has 30 heavy (non-hydrogen) atoms. The van der Waals surface area contributed by atoms with E-state index in [4.69, 9.17) is 10.2 Å². The molecule has 0 radical (unpaired) electrons. The van der Waals surface area contributed by atoms with Crippen molar-refractivity contribution in [3.8, 4) is 0 Å². The van der Waals surface area contributed by atoms with Gasteiger partial charge in [0.2, 0.25) is 17.7 Å². The molecule has 2 aliphatic heterocycles. The number of rotatable bonds is 4. The lowest BCUT2D eigenvalue weighted by atomic mass is 9.65. The van der Waals surface area contributed by atoms with Gasteiger partial charge in [0.15, 0.2) is 0 Å². The van der Waals surface area contributed by atoms with Gasteiger partial charge in [-0.3, -0.25) is 29.0 Å². The molecule has 158 valence electrons. The van der Waals surface area contributed by atoms with Crippen LogP contribution in [0.5, 0.6) is 0 Å². The van der Waals surface area contributed by atoms with E-state index >= 15 is 0 Å². The number of amides is 4. The van der Waals surface area contributed by atoms with Crippen LogP contribution in [0.15, 0.2) is 35.7 Å². The third kappa shape index (κ3) is 3.04. The summed E-state index contributed by atoms with van der Waals surface area (Å²) in [5.41, 5.74) is -0.521. The maximum absolute atomic E-state index is 13.1. The molecule has 10 nitrogen and oxygen atoms in total. The van der Waals surface area contributed by atoms with E-state index in [9.17, 15) is 28.8 Å². The Labute approximate surface area is 171 Å². The summed E-state index contributed by atoms with van der Waals surface area (Å²) in [5.74, 6) is -8.05. The summed E-state index contributed by atoms with van der Waals surface area (Å²) in [6, 6.07) is 0. The van der Waals surface area contributed by atoms with Gasteiger partial charge in [-0.15, -0.1) is 0 Å². The van der Waals surface area contributed by atoms with E-state index in [2.05, 4.69) is 0 Å². The molecule has 2 saturated heterocycles. The Morgan fingerprint density at radius 2 is 1.47 bits per heavy atom. The zero-order valence-electron chi connectivity index (χ0n) is 16.5. The Morgan fingerprint density at radius 1 is 0.933 bits per heavy atom. The molecule has 0 aromatic rings. The lowest BCUT2D eigenvalue weighted by Gasteiger charge is -2.35. The second kappa shape index (κ2) is 7.05. The van der Waals surface area contributed by atoms with Crippen molar-refractivity contribution in [1.29, 1.82) is 0 Å². The van der Waals surface area contributed by atoms with Crippen molar-refractivity contribution >= 4 is 35.6 Å². The second-order valence-electron chi connectivity index (χ2n) is 8.10. The summed E-state index contributed by atoms with van der Waals surface area (Å²) in [5, 5.41) is 17.6. The van der Waals surface area contributed by atoms with Crippen molar-refractivity contribution in [3.05, 3.63) is 35.7 Å². The first-order valence-electron chi connectivity index (χ1n) is 9.15. The number of carboxylic acid groups (broad SMARTS) is 2. The smallest absolute Gasteiger partial charge is 0.329 e. The molecule has 0 saturated carbocycles. The highest BCUT2D eigenvalue weighted by Crippen LogP contribution is 2.54. The van der Waals surface area contributed by atoms with Gasteiger partial charge in [-0.25, -0.2) is 9.59 Å². The van der Waals surface area contributed by atoms with Crippen molar-refractivity contribution in [2.75, 3.05) is 0 Å². The molecule has 3 rings (SSSR count). The van der Waals surface area contributed by atoms with E-state index in [-0.39, 0.29) is 12.0 Å². The third-order valence-electron chi connectivity index (χ3n) is 5.95. The molecular formula is C20H20N2O8. The van der Waals surface area contributed by atoms with Crippen LogP contribution in [0.1, 0.15) is 27.2 Å². The van der Waals surface area contributed by atoms with Crippen molar-refractivity contribution < 1.29 is 39.0 Å². The number of carbonyl (C=O) groups excluding carboxylic acids is 4. The van der Waals surface area contributed by atoms with Gasteiger partial charge in [-0.2, -0.15) is 0 Å². The first-order valence-corrected chi connectivity index (χ1v) is 9.15. The van der Waals surface area contributed by atoms with Crippen LogP contribution < -0.4 is 0 Å². The van der Waals surface area contributed by atoms with Gasteiger partial charge < -0.3 is 10.2 Å². The summed E-state index contributed by atoms with van der Waals surface area (Å²) in [6.07, 6.45) is 3.21. The summed E-state index contributed by atoms with van der Waals surface area (Å²) in [6.45, 7) is 4.82. The summed E-state index contributed by atoms with van der Waals surface area (Å²) < 4.78 is 0. The molecule has 0 aromatic heterocycles. The number of imide groups is 2. The standard InChI is InChI=1S/C20H20N2O8/c1-9-8-10-14(18(29)21(16(10)27)6-4-11(23)24)20(2,3)15-13(9)17(28)22(19(15)30)7-5-12(25)26/h4-7,10,14-15H,8H2,1-3H3,(H,23,24)(H,25,26)/b6-4+,7-5+/t10-,14-,15-/m0/s1. The van der Waals surface area contributed by atoms with E-state index in [0.29, 0.717) is 17.7 Å². The quantitative estimate of drug-likeness (QED) is 0.497. The minimum atomic E-state index is -1.33. The maximum atomic E-state index is 13.1. The van der Waals surface area contributed by atoms with E-state index in [1.807, 2.05) is 0 Å². The highest BCUT2D eigenvalue weighted by molar-refractivity contribution is 6.17. The van der Waals surface area contributed by atoms with Gasteiger partial charge in [0.05, 0.1) is 17.8 Å². The number of hydrogen-bond donors (Lipinski definition) is 2. The average molecular weight is 416 g/mol. The number of allylic oxidation sites excluding steroid dienone is 1. The number of hydrogen-bond acceptors (Lipinski definition) is 6. The minimum absolute atomic E-state index is 0.0530. The fourth-order valence-electron chi connectivity index (χ4n) is 4.71. The van der Waals surface area contributed by atoms with Crippen molar-refractivity contribution in [2.24, 2.45) is 23.2 Å². The molecule has 4 amide bonds. The van der Waals surface area contributed by atoms with Crippen LogP contribution in [0.25, 0.3) is 0 Å². The molecular weight excluding hydrogens is 396 g/mol. The van der Waals surface area contributed by atoms with Crippen LogP contribution in [-0.4, -0.2) is 55.6 Å². The SMILES string of the molecule is CC1=C2C(=O)N(/C=C/C(=O)O)C(=O)[C@H]2C(C)(C)[C@@H]2C(=O)N(/C=C/C(=O)O)C(=O)[C@H]2C1. The van der Waals surface area contributed by atoms with Crippen LogP contribution in [-0.2, 0) is 28.8 Å². The normalized spacial score (nSPS) is 28.6. The van der Waals surface area contributed by atoms with Crippen LogP contribution in [0, 0.1) is 23.2 Å². The van der Waals surface area contributed by atoms with E-state index in [1.54, 1.807) is 20.8 Å². The van der Waals surface area contributed by atoms with Gasteiger partial charge in [-0.05, 0) is 18.8 Å². The van der Waals surface area contributed by atoms with E-state index in [1.165, 1.54) is 0 Å². The summed E-state index contributed by atoms with van der Waals surface area (Å²) in [7, 11) is 0. The topological polar surface area (TPSA) is 149 Å². The Morgan fingerprint density at radius 3 is 2.00 bits per heavy atom. The average Bonchev–Trinajstić information content (AvgIpc) is 2.98. The Hall–Kier alpha value is -3.56. The molecule has 2 heterocycles. The Bertz CT molecular complexity index is 987. The molecule has 2 fully saturated rings. The first kappa shape index (κ1) is 21.2. The zero-order valence-corrected chi connectivity index (χ0v) is 16.5. The monoisotopic (exact) mass is 416 g/mol. The largest absolute Gasteiger partial charge is 0.478 e. The second-order valence-corrected chi connectivity index (χ2v) is 8.10. The van der Waals surface area contributed by atoms with Gasteiger partial charge >= 0.3 is 11.9 Å². The highest BCUT2D eigenvalue weighted by atomic mass is 16.4. The molecule has 0 unspecified atom stereocenters. The van der Waals surface area contributed by atoms with Gasteiger partial charge in [0, 0.05) is 30.1 Å². The van der Waals surface area contributed by atoms with Gasteiger partial charge in [0.25, 0.3) is 5.91 Å². The summed E-state index contributed by atoms with van der Waals surface area (Å²) in [4.78, 5) is 75.0.